The van der Waals surface area contributed by atoms with Gasteiger partial charge in [-0.3, -0.25) is 4.79 Å². The van der Waals surface area contributed by atoms with Crippen LogP contribution in [-0.2, 0) is 0 Å². The van der Waals surface area contributed by atoms with Gasteiger partial charge in [0.25, 0.3) is 5.91 Å². The van der Waals surface area contributed by atoms with Crippen LogP contribution in [0.2, 0.25) is 5.02 Å². The van der Waals surface area contributed by atoms with Crippen molar-refractivity contribution in [3.63, 3.8) is 0 Å². The Morgan fingerprint density at radius 2 is 1.73 bits per heavy atom. The van der Waals surface area contributed by atoms with E-state index in [1.54, 1.807) is 72.8 Å². The molecule has 5 aromatic rings. The van der Waals surface area contributed by atoms with Crippen molar-refractivity contribution in [1.82, 2.24) is 10.4 Å². The molecule has 5 rings (SSSR count). The summed E-state index contributed by atoms with van der Waals surface area (Å²) in [5.41, 5.74) is 5.64. The van der Waals surface area contributed by atoms with Crippen LogP contribution < -0.4 is 10.2 Å². The maximum atomic E-state index is 13.4. The summed E-state index contributed by atoms with van der Waals surface area (Å²) in [6.07, 6.45) is 1.38. The number of amides is 1. The van der Waals surface area contributed by atoms with Gasteiger partial charge in [0.15, 0.2) is 0 Å². The average molecular weight is 677 g/mol. The minimum absolute atomic E-state index is 0.194. The lowest BCUT2D eigenvalue weighted by Gasteiger charge is -2.09. The first-order valence-electron chi connectivity index (χ1n) is 11.8. The second-order valence-electron chi connectivity index (χ2n) is 8.47. The van der Waals surface area contributed by atoms with Crippen LogP contribution in [0.5, 0.6) is 5.75 Å². The lowest BCUT2D eigenvalue weighted by Crippen LogP contribution is -2.19. The number of halogens is 3. The number of ether oxygens (including phenoxy) is 1. The number of rotatable bonds is 6. The number of nitrogens with zero attached hydrogens (tertiary/aromatic N) is 2. The van der Waals surface area contributed by atoms with E-state index in [9.17, 15) is 14.9 Å². The van der Waals surface area contributed by atoms with E-state index < -0.39 is 11.9 Å². The van der Waals surface area contributed by atoms with Gasteiger partial charge in [0.2, 0.25) is 0 Å². The highest BCUT2D eigenvalue weighted by Gasteiger charge is 2.22. The van der Waals surface area contributed by atoms with Crippen molar-refractivity contribution >= 4 is 72.5 Å². The van der Waals surface area contributed by atoms with Crippen LogP contribution in [0, 0.1) is 11.3 Å². The molecule has 1 aromatic heterocycles. The zero-order chi connectivity index (χ0) is 28.2. The van der Waals surface area contributed by atoms with Crippen LogP contribution >= 0.6 is 43.5 Å². The molecular formula is C30H17Br2ClN4O3. The van der Waals surface area contributed by atoms with Crippen LogP contribution in [0.4, 0.5) is 0 Å². The molecule has 0 spiro atoms. The van der Waals surface area contributed by atoms with Gasteiger partial charge in [-0.1, -0.05) is 73.8 Å². The molecule has 40 heavy (non-hydrogen) atoms. The molecule has 7 nitrogen and oxygen atoms in total. The van der Waals surface area contributed by atoms with Crippen molar-refractivity contribution in [3.05, 3.63) is 121 Å². The monoisotopic (exact) mass is 674 g/mol. The van der Waals surface area contributed by atoms with Gasteiger partial charge in [0.1, 0.15) is 17.5 Å². The number of carbonyl (C=O) groups is 2. The number of para-hydroxylation sites is 1. The molecule has 0 atom stereocenters. The number of carbonyl (C=O) groups excluding carboxylic acids is 2. The molecule has 10 heteroatoms. The highest BCUT2D eigenvalue weighted by Crippen LogP contribution is 2.37. The summed E-state index contributed by atoms with van der Waals surface area (Å²) in [5.74, 6) is -0.825. The number of benzene rings is 4. The standard InChI is InChI=1S/C30H17Br2ClN4O3/c31-20-10-8-17(9-11-20)30(39)40-25-13-12-21(32)14-19(25)16-35-37-29(38)28-26(22-5-1-2-7-24(22)33)23-6-3-4-18(15-34)27(23)36-28/h1-14,16,36H,(H,37,38). The minimum atomic E-state index is -0.547. The van der Waals surface area contributed by atoms with Gasteiger partial charge < -0.3 is 9.72 Å². The van der Waals surface area contributed by atoms with Gasteiger partial charge in [-0.05, 0) is 54.6 Å². The van der Waals surface area contributed by atoms with Gasteiger partial charge in [0.05, 0.1) is 22.9 Å². The van der Waals surface area contributed by atoms with Crippen molar-refractivity contribution in [1.29, 1.82) is 5.26 Å². The van der Waals surface area contributed by atoms with Crippen LogP contribution in [0.3, 0.4) is 0 Å². The lowest BCUT2D eigenvalue weighted by atomic mass is 10.0. The van der Waals surface area contributed by atoms with Gasteiger partial charge in [-0.25, -0.2) is 10.2 Å². The summed E-state index contributed by atoms with van der Waals surface area (Å²) in [5, 5.41) is 14.9. The van der Waals surface area contributed by atoms with E-state index in [0.717, 1.165) is 8.95 Å². The third-order valence-electron chi connectivity index (χ3n) is 5.95. The molecule has 0 bridgehead atoms. The molecule has 1 heterocycles. The van der Waals surface area contributed by atoms with E-state index in [4.69, 9.17) is 16.3 Å². The first kappa shape index (κ1) is 27.3. The predicted octanol–water partition coefficient (Wildman–Crippen LogP) is 7.87. The maximum Gasteiger partial charge on any atom is 0.343 e. The predicted molar refractivity (Wildman–Crippen MR) is 162 cm³/mol. The SMILES string of the molecule is N#Cc1cccc2c(-c3ccccc3Cl)c(C(=O)NN=Cc3cc(Br)ccc3OC(=O)c3ccc(Br)cc3)[nH]c12. The Labute approximate surface area is 250 Å². The molecule has 0 unspecified atom stereocenters. The van der Waals surface area contributed by atoms with Crippen LogP contribution in [-0.4, -0.2) is 23.1 Å². The number of hydrazone groups is 1. The molecule has 2 N–H and O–H groups in total. The van der Waals surface area contributed by atoms with Gasteiger partial charge >= 0.3 is 5.97 Å². The fourth-order valence-electron chi connectivity index (χ4n) is 4.10. The Bertz CT molecular complexity index is 1840. The van der Waals surface area contributed by atoms with Crippen molar-refractivity contribution in [2.45, 2.75) is 0 Å². The maximum absolute atomic E-state index is 13.4. The second kappa shape index (κ2) is 11.9. The Hall–Kier alpha value is -4.23. The van der Waals surface area contributed by atoms with Crippen molar-refractivity contribution in [3.8, 4) is 22.9 Å². The fourth-order valence-corrected chi connectivity index (χ4v) is 4.97. The molecule has 0 fully saturated rings. The van der Waals surface area contributed by atoms with E-state index in [0.29, 0.717) is 43.7 Å². The van der Waals surface area contributed by atoms with Crippen molar-refractivity contribution < 1.29 is 14.3 Å². The Balaban J connectivity index is 1.45. The molecule has 196 valence electrons. The molecule has 0 radical (unpaired) electrons. The normalized spacial score (nSPS) is 10.9. The molecule has 0 aliphatic carbocycles. The Morgan fingerprint density at radius 1 is 0.975 bits per heavy atom. The molecule has 0 saturated carbocycles. The highest BCUT2D eigenvalue weighted by atomic mass is 79.9. The third-order valence-corrected chi connectivity index (χ3v) is 7.30. The van der Waals surface area contributed by atoms with E-state index in [1.165, 1.54) is 6.21 Å². The summed E-state index contributed by atoms with van der Waals surface area (Å²) in [7, 11) is 0. The van der Waals surface area contributed by atoms with E-state index >= 15 is 0 Å². The summed E-state index contributed by atoms with van der Waals surface area (Å²) in [4.78, 5) is 29.1. The first-order chi connectivity index (χ1) is 19.4. The summed E-state index contributed by atoms with van der Waals surface area (Å²) in [6.45, 7) is 0. The van der Waals surface area contributed by atoms with Crippen LogP contribution in [0.1, 0.15) is 32.0 Å². The molecule has 0 aliphatic heterocycles. The number of aromatic nitrogens is 1. The molecule has 0 saturated heterocycles. The number of nitrogens with one attached hydrogen (secondary N) is 2. The van der Waals surface area contributed by atoms with Crippen molar-refractivity contribution in [2.24, 2.45) is 5.10 Å². The quantitative estimate of drug-likeness (QED) is 0.0826. The number of hydrogen-bond acceptors (Lipinski definition) is 5. The number of fused-ring (bicyclic) bond motifs is 1. The van der Waals surface area contributed by atoms with Gasteiger partial charge in [-0.2, -0.15) is 10.4 Å². The molecule has 1 amide bonds. The zero-order valence-corrected chi connectivity index (χ0v) is 24.3. The largest absolute Gasteiger partial charge is 0.422 e. The lowest BCUT2D eigenvalue weighted by molar-refractivity contribution is 0.0734. The number of aromatic amines is 1. The Morgan fingerprint density at radius 3 is 2.48 bits per heavy atom. The minimum Gasteiger partial charge on any atom is -0.422 e. The topological polar surface area (TPSA) is 107 Å². The summed E-state index contributed by atoms with van der Waals surface area (Å²) < 4.78 is 7.16. The summed E-state index contributed by atoms with van der Waals surface area (Å²) >= 11 is 13.2. The first-order valence-corrected chi connectivity index (χ1v) is 13.7. The second-order valence-corrected chi connectivity index (χ2v) is 10.7. The molecular weight excluding hydrogens is 660 g/mol. The van der Waals surface area contributed by atoms with Crippen molar-refractivity contribution in [2.75, 3.05) is 0 Å². The van der Waals surface area contributed by atoms with Gasteiger partial charge in [0, 0.05) is 36.0 Å². The number of hydrogen-bond donors (Lipinski definition) is 2. The molecule has 0 aliphatic rings. The number of nitriles is 1. The Kier molecular flexibility index (Phi) is 8.12. The smallest absolute Gasteiger partial charge is 0.343 e. The number of esters is 1. The van der Waals surface area contributed by atoms with E-state index in [-0.39, 0.29) is 11.4 Å². The summed E-state index contributed by atoms with van der Waals surface area (Å²) in [6, 6.07) is 26.4. The zero-order valence-electron chi connectivity index (χ0n) is 20.4. The average Bonchev–Trinajstić information content (AvgIpc) is 3.34. The number of H-pyrrole nitrogens is 1. The van der Waals surface area contributed by atoms with Gasteiger partial charge in [-0.15, -0.1) is 0 Å². The van der Waals surface area contributed by atoms with E-state index in [1.807, 2.05) is 12.1 Å². The van der Waals surface area contributed by atoms with E-state index in [2.05, 4.69) is 53.4 Å². The molecule has 4 aromatic carbocycles. The highest BCUT2D eigenvalue weighted by molar-refractivity contribution is 9.10. The third kappa shape index (κ3) is 5.70. The fraction of sp³-hybridized carbons (Fsp3) is 0. The van der Waals surface area contributed by atoms with Crippen LogP contribution in [0.25, 0.3) is 22.0 Å². The van der Waals surface area contributed by atoms with Crippen LogP contribution in [0.15, 0.2) is 99.0 Å².